The average molecular weight is 743 g/mol. The summed E-state index contributed by atoms with van der Waals surface area (Å²) in [5, 5.41) is 0. The first kappa shape index (κ1) is 41.7. The minimum absolute atomic E-state index is 0.119. The molecule has 0 spiro atoms. The van der Waals surface area contributed by atoms with E-state index in [0.717, 1.165) is 56.4 Å². The van der Waals surface area contributed by atoms with Gasteiger partial charge in [0.1, 0.15) is 23.0 Å². The molecule has 0 aromatic heterocycles. The fourth-order valence-electron chi connectivity index (χ4n) is 7.04. The first-order valence-corrected chi connectivity index (χ1v) is 20.1. The van der Waals surface area contributed by atoms with Gasteiger partial charge in [-0.1, -0.05) is 131 Å². The second-order valence-corrected chi connectivity index (χ2v) is 19.9. The van der Waals surface area contributed by atoms with E-state index < -0.39 is 0 Å². The molecule has 0 bridgehead atoms. The minimum Gasteiger partial charge on any atom is -0.440 e. The van der Waals surface area contributed by atoms with Crippen LogP contribution in [0.15, 0.2) is 48.5 Å². The third-order valence-electron chi connectivity index (χ3n) is 9.81. The first-order chi connectivity index (χ1) is 23.8. The zero-order valence-corrected chi connectivity index (χ0v) is 37.3. The Morgan fingerprint density at radius 3 is 0.962 bits per heavy atom. The summed E-state index contributed by atoms with van der Waals surface area (Å²) < 4.78 is 26.7. The Balaban J connectivity index is 2.09. The second-order valence-electron chi connectivity index (χ2n) is 18.7. The molecule has 0 aliphatic rings. The predicted molar refractivity (Wildman–Crippen MR) is 227 cm³/mol. The van der Waals surface area contributed by atoms with Crippen LogP contribution in [-0.4, -0.2) is 0 Å². The van der Waals surface area contributed by atoms with Crippen molar-refractivity contribution in [3.63, 3.8) is 0 Å². The molecule has 0 saturated heterocycles. The van der Waals surface area contributed by atoms with E-state index in [4.69, 9.17) is 18.1 Å². The SMILES string of the molecule is Cc1ccc(OPOc2c(C(C)(C)C)cc(C(C)(C)C)c(C)c2-c2c(C)c(C(C)(C)C)cc(C(C)(C)C)c2OPOc2ccc(C)cc2C)c(C)c1. The molecule has 0 aliphatic heterocycles. The number of hydrogen-bond acceptors (Lipinski definition) is 4. The molecular formula is C46H64O4P2. The number of hydrogen-bond donors (Lipinski definition) is 0. The summed E-state index contributed by atoms with van der Waals surface area (Å²) in [5.74, 6) is 3.36. The minimum atomic E-state index is -0.241. The van der Waals surface area contributed by atoms with Crippen LogP contribution in [-0.2, 0) is 21.7 Å². The van der Waals surface area contributed by atoms with Crippen LogP contribution in [0.1, 0.15) is 139 Å². The average Bonchev–Trinajstić information content (AvgIpc) is 2.97. The van der Waals surface area contributed by atoms with Gasteiger partial charge in [-0.2, -0.15) is 0 Å². The summed E-state index contributed by atoms with van der Waals surface area (Å²) in [6, 6.07) is 17.3. The Morgan fingerprint density at radius 1 is 0.385 bits per heavy atom. The summed E-state index contributed by atoms with van der Waals surface area (Å²) >= 11 is 0. The van der Waals surface area contributed by atoms with E-state index in [-0.39, 0.29) is 39.7 Å². The second kappa shape index (κ2) is 15.4. The van der Waals surface area contributed by atoms with Gasteiger partial charge in [0, 0.05) is 22.3 Å². The summed E-state index contributed by atoms with van der Waals surface area (Å²) in [5.41, 5.74) is 13.3. The van der Waals surface area contributed by atoms with Crippen molar-refractivity contribution in [2.75, 3.05) is 0 Å². The third-order valence-corrected chi connectivity index (χ3v) is 11.0. The summed E-state index contributed by atoms with van der Waals surface area (Å²) in [6.45, 7) is 40.3. The van der Waals surface area contributed by atoms with Crippen molar-refractivity contribution in [3.05, 3.63) is 104 Å². The van der Waals surface area contributed by atoms with E-state index in [1.807, 2.05) is 12.1 Å². The smallest absolute Gasteiger partial charge is 0.275 e. The van der Waals surface area contributed by atoms with Gasteiger partial charge in [-0.15, -0.1) is 0 Å². The van der Waals surface area contributed by atoms with Gasteiger partial charge in [0.2, 0.25) is 0 Å². The van der Waals surface area contributed by atoms with Gasteiger partial charge in [-0.3, -0.25) is 0 Å². The van der Waals surface area contributed by atoms with Crippen LogP contribution in [0.4, 0.5) is 0 Å². The molecule has 0 N–H and O–H groups in total. The lowest BCUT2D eigenvalue weighted by Gasteiger charge is -2.35. The molecule has 4 rings (SSSR count). The molecule has 0 fully saturated rings. The third kappa shape index (κ3) is 9.35. The molecule has 2 atom stereocenters. The maximum Gasteiger partial charge on any atom is 0.275 e. The van der Waals surface area contributed by atoms with Gasteiger partial charge in [0.05, 0.1) is 0 Å². The van der Waals surface area contributed by atoms with Crippen LogP contribution in [0.5, 0.6) is 23.0 Å². The molecule has 4 nitrogen and oxygen atoms in total. The van der Waals surface area contributed by atoms with Gasteiger partial charge >= 0.3 is 0 Å². The zero-order chi connectivity index (χ0) is 39.1. The summed E-state index contributed by atoms with van der Waals surface area (Å²) in [4.78, 5) is 0. The molecule has 52 heavy (non-hydrogen) atoms. The summed E-state index contributed by atoms with van der Waals surface area (Å²) in [7, 11) is -0.482. The number of benzene rings is 4. The zero-order valence-electron chi connectivity index (χ0n) is 35.3. The maximum atomic E-state index is 6.97. The Labute approximate surface area is 319 Å². The van der Waals surface area contributed by atoms with Gasteiger partial charge in [0.15, 0.2) is 0 Å². The van der Waals surface area contributed by atoms with Crippen molar-refractivity contribution in [2.24, 2.45) is 0 Å². The first-order valence-electron chi connectivity index (χ1n) is 18.5. The van der Waals surface area contributed by atoms with Crippen molar-refractivity contribution < 1.29 is 18.1 Å². The molecule has 0 heterocycles. The molecule has 6 heteroatoms. The Hall–Kier alpha value is -3.06. The van der Waals surface area contributed by atoms with Crippen molar-refractivity contribution in [2.45, 2.75) is 146 Å². The highest BCUT2D eigenvalue weighted by atomic mass is 31.1. The van der Waals surface area contributed by atoms with Gasteiger partial charge in [0.25, 0.3) is 18.1 Å². The van der Waals surface area contributed by atoms with Crippen LogP contribution in [0.2, 0.25) is 0 Å². The van der Waals surface area contributed by atoms with E-state index in [2.05, 4.69) is 161 Å². The molecule has 2 unspecified atom stereocenters. The van der Waals surface area contributed by atoms with Crippen molar-refractivity contribution in [1.82, 2.24) is 0 Å². The molecule has 0 amide bonds. The highest BCUT2D eigenvalue weighted by Crippen LogP contribution is 2.54. The van der Waals surface area contributed by atoms with Crippen LogP contribution < -0.4 is 18.1 Å². The topological polar surface area (TPSA) is 36.9 Å². The fraction of sp³-hybridized carbons (Fsp3) is 0.478. The van der Waals surface area contributed by atoms with E-state index in [1.54, 1.807) is 0 Å². The van der Waals surface area contributed by atoms with Gasteiger partial charge in [-0.25, -0.2) is 0 Å². The monoisotopic (exact) mass is 742 g/mol. The molecule has 4 aromatic carbocycles. The molecular weight excluding hydrogens is 678 g/mol. The number of aryl methyl sites for hydroxylation is 4. The van der Waals surface area contributed by atoms with E-state index >= 15 is 0 Å². The fourth-order valence-corrected chi connectivity index (χ4v) is 8.36. The largest absolute Gasteiger partial charge is 0.440 e. The van der Waals surface area contributed by atoms with E-state index in [1.165, 1.54) is 33.4 Å². The van der Waals surface area contributed by atoms with Gasteiger partial charge < -0.3 is 18.1 Å². The molecule has 0 saturated carbocycles. The van der Waals surface area contributed by atoms with Crippen LogP contribution in [0.3, 0.4) is 0 Å². The molecule has 4 aromatic rings. The highest BCUT2D eigenvalue weighted by Gasteiger charge is 2.35. The molecule has 0 radical (unpaired) electrons. The Kier molecular flexibility index (Phi) is 12.3. The lowest BCUT2D eigenvalue weighted by Crippen LogP contribution is -2.22. The maximum absolute atomic E-state index is 6.97. The standard InChI is InChI=1S/C46H64O4P2/c1-27-19-21-37(29(3)23-27)47-51-49-41-35(45(13,14)15)25-33(43(7,8)9)31(5)39(41)40-32(6)34(44(10,11)12)26-36(46(16,17)18)42(40)50-52-48-38-22-20-28(2)24-30(38)4/h19-26,51-52H,1-18H3. The normalized spacial score (nSPS) is 13.0. The van der Waals surface area contributed by atoms with Crippen molar-refractivity contribution in [1.29, 1.82) is 0 Å². The van der Waals surface area contributed by atoms with Crippen LogP contribution in [0, 0.1) is 41.5 Å². The lowest BCUT2D eigenvalue weighted by molar-refractivity contribution is 0.483. The highest BCUT2D eigenvalue weighted by molar-refractivity contribution is 7.27. The van der Waals surface area contributed by atoms with Gasteiger partial charge in [-0.05, 0) is 109 Å². The quantitative estimate of drug-likeness (QED) is 0.160. The Morgan fingerprint density at radius 2 is 0.692 bits per heavy atom. The molecule has 0 aliphatic carbocycles. The van der Waals surface area contributed by atoms with Crippen molar-refractivity contribution in [3.8, 4) is 34.1 Å². The summed E-state index contributed by atoms with van der Waals surface area (Å²) in [6.07, 6.45) is 0. The number of rotatable bonds is 9. The van der Waals surface area contributed by atoms with Crippen molar-refractivity contribution >= 4 is 18.1 Å². The van der Waals surface area contributed by atoms with Crippen LogP contribution in [0.25, 0.3) is 11.1 Å². The lowest BCUT2D eigenvalue weighted by atomic mass is 9.72. The molecule has 282 valence electrons. The Bertz CT molecular complexity index is 1790. The predicted octanol–water partition coefficient (Wildman–Crippen LogP) is 14.3. The van der Waals surface area contributed by atoms with E-state index in [0.29, 0.717) is 0 Å². The van der Waals surface area contributed by atoms with E-state index in [9.17, 15) is 0 Å². The van der Waals surface area contributed by atoms with Crippen LogP contribution >= 0.6 is 18.1 Å².